The first-order valence-corrected chi connectivity index (χ1v) is 8.64. The molecule has 3 heteroatoms. The highest BCUT2D eigenvalue weighted by molar-refractivity contribution is 6.30. The molecule has 126 valence electrons. The summed E-state index contributed by atoms with van der Waals surface area (Å²) in [7, 11) is 2.11. The van der Waals surface area contributed by atoms with E-state index < -0.39 is 0 Å². The lowest BCUT2D eigenvalue weighted by atomic mass is 10.1. The van der Waals surface area contributed by atoms with Crippen LogP contribution in [0.25, 0.3) is 0 Å². The highest BCUT2D eigenvalue weighted by atomic mass is 35.5. The molecule has 3 aromatic rings. The molecule has 0 bridgehead atoms. The molecule has 0 heterocycles. The fourth-order valence-corrected chi connectivity index (χ4v) is 2.68. The first-order valence-electron chi connectivity index (χ1n) is 8.26. The number of hydrogen-bond donors (Lipinski definition) is 0. The maximum Gasteiger partial charge on any atom is 0.0630 e. The molecule has 0 spiro atoms. The van der Waals surface area contributed by atoms with E-state index in [1.807, 2.05) is 30.5 Å². The van der Waals surface area contributed by atoms with Gasteiger partial charge >= 0.3 is 0 Å². The SMILES string of the molecule is Cc1ccc(CN(C)c2ccc(/C=N/c3ccc(Cl)cc3)cc2)cc1. The summed E-state index contributed by atoms with van der Waals surface area (Å²) in [6, 6.07) is 24.6. The molecule has 0 amide bonds. The van der Waals surface area contributed by atoms with Crippen molar-refractivity contribution in [1.29, 1.82) is 0 Å². The number of aliphatic imine (C=N–C) groups is 1. The number of halogens is 1. The van der Waals surface area contributed by atoms with Crippen LogP contribution < -0.4 is 4.90 Å². The highest BCUT2D eigenvalue weighted by Crippen LogP contribution is 2.18. The normalized spacial score (nSPS) is 11.0. The summed E-state index contributed by atoms with van der Waals surface area (Å²) in [4.78, 5) is 6.71. The summed E-state index contributed by atoms with van der Waals surface area (Å²) in [5.41, 5.74) is 5.74. The lowest BCUT2D eigenvalue weighted by molar-refractivity contribution is 0.922. The van der Waals surface area contributed by atoms with Gasteiger partial charge in [-0.3, -0.25) is 4.99 Å². The minimum absolute atomic E-state index is 0.722. The Labute approximate surface area is 154 Å². The van der Waals surface area contributed by atoms with Gasteiger partial charge < -0.3 is 4.90 Å². The molecule has 25 heavy (non-hydrogen) atoms. The molecule has 0 aliphatic carbocycles. The van der Waals surface area contributed by atoms with Gasteiger partial charge in [0.05, 0.1) is 5.69 Å². The van der Waals surface area contributed by atoms with E-state index in [0.717, 1.165) is 22.8 Å². The van der Waals surface area contributed by atoms with E-state index in [0.29, 0.717) is 0 Å². The number of aryl methyl sites for hydroxylation is 1. The number of anilines is 1. The third-order valence-corrected chi connectivity index (χ3v) is 4.32. The Kier molecular flexibility index (Phi) is 5.52. The zero-order chi connectivity index (χ0) is 17.6. The third-order valence-electron chi connectivity index (χ3n) is 4.06. The van der Waals surface area contributed by atoms with E-state index in [9.17, 15) is 0 Å². The molecule has 0 aromatic heterocycles. The van der Waals surface area contributed by atoms with Gasteiger partial charge in [0.25, 0.3) is 0 Å². The average molecular weight is 349 g/mol. The molecule has 0 saturated carbocycles. The molecule has 0 fully saturated rings. The van der Waals surface area contributed by atoms with Crippen LogP contribution in [0.1, 0.15) is 16.7 Å². The summed E-state index contributed by atoms with van der Waals surface area (Å²) in [5, 5.41) is 0.722. The second kappa shape index (κ2) is 8.00. The molecule has 0 atom stereocenters. The van der Waals surface area contributed by atoms with E-state index in [1.54, 1.807) is 0 Å². The van der Waals surface area contributed by atoms with Crippen molar-refractivity contribution in [3.05, 3.63) is 94.5 Å². The fourth-order valence-electron chi connectivity index (χ4n) is 2.55. The Balaban J connectivity index is 1.64. The smallest absolute Gasteiger partial charge is 0.0630 e. The van der Waals surface area contributed by atoms with Crippen molar-refractivity contribution in [2.45, 2.75) is 13.5 Å². The van der Waals surface area contributed by atoms with Gasteiger partial charge in [-0.2, -0.15) is 0 Å². The predicted molar refractivity (Wildman–Crippen MR) is 108 cm³/mol. The van der Waals surface area contributed by atoms with Crippen molar-refractivity contribution in [3.63, 3.8) is 0 Å². The van der Waals surface area contributed by atoms with Crippen LogP contribution in [0.15, 0.2) is 77.8 Å². The Morgan fingerprint density at radius 1 is 0.880 bits per heavy atom. The van der Waals surface area contributed by atoms with Crippen molar-refractivity contribution < 1.29 is 0 Å². The highest BCUT2D eigenvalue weighted by Gasteiger charge is 2.02. The minimum atomic E-state index is 0.722. The monoisotopic (exact) mass is 348 g/mol. The number of benzene rings is 3. The lowest BCUT2D eigenvalue weighted by Crippen LogP contribution is -2.16. The summed E-state index contributed by atoms with van der Waals surface area (Å²) in [5.74, 6) is 0. The molecular weight excluding hydrogens is 328 g/mol. The van der Waals surface area contributed by atoms with Crippen LogP contribution in [0.2, 0.25) is 5.02 Å². The summed E-state index contributed by atoms with van der Waals surface area (Å²) in [6.45, 7) is 3.00. The standard InChI is InChI=1S/C22H21ClN2/c1-17-3-5-19(6-4-17)16-25(2)22-13-7-18(8-14-22)15-24-21-11-9-20(23)10-12-21/h3-15H,16H2,1-2H3/b24-15+. The van der Waals surface area contributed by atoms with Gasteiger partial charge in [-0.05, 0) is 54.4 Å². The Morgan fingerprint density at radius 2 is 1.52 bits per heavy atom. The molecule has 3 rings (SSSR count). The van der Waals surface area contributed by atoms with E-state index in [-0.39, 0.29) is 0 Å². The molecular formula is C22H21ClN2. The Hall–Kier alpha value is -2.58. The van der Waals surface area contributed by atoms with Crippen LogP contribution >= 0.6 is 11.6 Å². The maximum absolute atomic E-state index is 5.89. The van der Waals surface area contributed by atoms with Crippen molar-refractivity contribution in [1.82, 2.24) is 0 Å². The quantitative estimate of drug-likeness (QED) is 0.513. The van der Waals surface area contributed by atoms with Crippen molar-refractivity contribution in [2.75, 3.05) is 11.9 Å². The lowest BCUT2D eigenvalue weighted by Gasteiger charge is -2.19. The second-order valence-corrected chi connectivity index (χ2v) is 6.60. The largest absolute Gasteiger partial charge is 0.370 e. The number of rotatable bonds is 5. The van der Waals surface area contributed by atoms with Gasteiger partial charge in [0.1, 0.15) is 0 Å². The molecule has 0 saturated heterocycles. The maximum atomic E-state index is 5.89. The average Bonchev–Trinajstić information content (AvgIpc) is 2.63. The van der Waals surface area contributed by atoms with Gasteiger partial charge in [0.15, 0.2) is 0 Å². The molecule has 3 aromatic carbocycles. The number of nitrogens with zero attached hydrogens (tertiary/aromatic N) is 2. The van der Waals surface area contributed by atoms with Crippen LogP contribution in [0, 0.1) is 6.92 Å². The molecule has 0 N–H and O–H groups in total. The fraction of sp³-hybridized carbons (Fsp3) is 0.136. The minimum Gasteiger partial charge on any atom is -0.370 e. The van der Waals surface area contributed by atoms with Crippen LogP contribution in [-0.2, 0) is 6.54 Å². The predicted octanol–water partition coefficient (Wildman–Crippen LogP) is 6.04. The van der Waals surface area contributed by atoms with E-state index >= 15 is 0 Å². The van der Waals surface area contributed by atoms with Gasteiger partial charge in [0.2, 0.25) is 0 Å². The van der Waals surface area contributed by atoms with Gasteiger partial charge in [0, 0.05) is 30.5 Å². The second-order valence-electron chi connectivity index (χ2n) is 6.17. The zero-order valence-electron chi connectivity index (χ0n) is 14.5. The third kappa shape index (κ3) is 4.94. The molecule has 0 aliphatic heterocycles. The van der Waals surface area contributed by atoms with Crippen LogP contribution in [0.3, 0.4) is 0 Å². The summed E-state index contributed by atoms with van der Waals surface area (Å²) in [6.07, 6.45) is 1.87. The first-order chi connectivity index (χ1) is 12.1. The molecule has 0 unspecified atom stereocenters. The van der Waals surface area contributed by atoms with E-state index in [2.05, 4.69) is 72.4 Å². The molecule has 0 aliphatic rings. The van der Waals surface area contributed by atoms with Crippen LogP contribution in [0.5, 0.6) is 0 Å². The van der Waals surface area contributed by atoms with Gasteiger partial charge in [-0.15, -0.1) is 0 Å². The van der Waals surface area contributed by atoms with Gasteiger partial charge in [-0.1, -0.05) is 53.6 Å². The van der Waals surface area contributed by atoms with Crippen molar-refractivity contribution in [3.8, 4) is 0 Å². The topological polar surface area (TPSA) is 15.6 Å². The van der Waals surface area contributed by atoms with Crippen molar-refractivity contribution >= 4 is 29.2 Å². The Morgan fingerprint density at radius 3 is 2.16 bits per heavy atom. The summed E-state index contributed by atoms with van der Waals surface area (Å²) < 4.78 is 0. The molecule has 2 nitrogen and oxygen atoms in total. The number of hydrogen-bond acceptors (Lipinski definition) is 2. The zero-order valence-corrected chi connectivity index (χ0v) is 15.2. The molecule has 0 radical (unpaired) electrons. The first kappa shape index (κ1) is 17.2. The summed E-state index contributed by atoms with van der Waals surface area (Å²) >= 11 is 5.89. The van der Waals surface area contributed by atoms with E-state index in [4.69, 9.17) is 11.6 Å². The van der Waals surface area contributed by atoms with Crippen molar-refractivity contribution in [2.24, 2.45) is 4.99 Å². The van der Waals surface area contributed by atoms with Crippen LogP contribution in [-0.4, -0.2) is 13.3 Å². The van der Waals surface area contributed by atoms with E-state index in [1.165, 1.54) is 16.8 Å². The van der Waals surface area contributed by atoms with Crippen LogP contribution in [0.4, 0.5) is 11.4 Å². The Bertz CT molecular complexity index is 835. The van der Waals surface area contributed by atoms with Gasteiger partial charge in [-0.25, -0.2) is 0 Å².